The number of hydrogen-bond acceptors (Lipinski definition) is 2. The maximum Gasteiger partial charge on any atom is 0.148 e. The number of carbonyl (C=O) groups is 1. The van der Waals surface area contributed by atoms with Gasteiger partial charge in [0.2, 0.25) is 0 Å². The van der Waals surface area contributed by atoms with Crippen LogP contribution >= 0.6 is 12.6 Å². The van der Waals surface area contributed by atoms with Crippen molar-refractivity contribution in [3.8, 4) is 0 Å². The summed E-state index contributed by atoms with van der Waals surface area (Å²) in [7, 11) is 0. The smallest absolute Gasteiger partial charge is 0.148 e. The van der Waals surface area contributed by atoms with Gasteiger partial charge in [-0.05, 0) is 19.3 Å². The molecule has 0 N–H and O–H groups in total. The van der Waals surface area contributed by atoms with Crippen LogP contribution in [-0.4, -0.2) is 10.5 Å². The SMILES string of the molecule is CCCCCC1(S)CCCC1=O. The zero-order chi connectivity index (χ0) is 9.03. The van der Waals surface area contributed by atoms with Crippen molar-refractivity contribution in [3.63, 3.8) is 0 Å². The highest BCUT2D eigenvalue weighted by Gasteiger charge is 2.37. The third-order valence-electron chi connectivity index (χ3n) is 2.71. The molecule has 70 valence electrons. The van der Waals surface area contributed by atoms with Crippen molar-refractivity contribution >= 4 is 18.4 Å². The van der Waals surface area contributed by atoms with Crippen molar-refractivity contribution < 1.29 is 4.79 Å². The Labute approximate surface area is 80.3 Å². The molecule has 1 saturated carbocycles. The minimum absolute atomic E-state index is 0.241. The normalized spacial score (nSPS) is 29.7. The van der Waals surface area contributed by atoms with E-state index in [1.807, 2.05) is 0 Å². The molecule has 1 atom stereocenters. The summed E-state index contributed by atoms with van der Waals surface area (Å²) < 4.78 is -0.241. The molecule has 0 aromatic heterocycles. The highest BCUT2D eigenvalue weighted by atomic mass is 32.1. The summed E-state index contributed by atoms with van der Waals surface area (Å²) in [6.07, 6.45) is 7.41. The van der Waals surface area contributed by atoms with Gasteiger partial charge in [-0.25, -0.2) is 0 Å². The standard InChI is InChI=1S/C10H18OS/c1-2-3-4-7-10(12)8-5-6-9(10)11/h12H,2-8H2,1H3. The lowest BCUT2D eigenvalue weighted by Gasteiger charge is -2.19. The van der Waals surface area contributed by atoms with Crippen molar-refractivity contribution in [2.45, 2.75) is 56.6 Å². The Hall–Kier alpha value is 0.0200. The van der Waals surface area contributed by atoms with E-state index in [1.165, 1.54) is 12.8 Å². The van der Waals surface area contributed by atoms with E-state index < -0.39 is 0 Å². The molecule has 1 rings (SSSR count). The van der Waals surface area contributed by atoms with Crippen LogP contribution in [0.3, 0.4) is 0 Å². The number of hydrogen-bond donors (Lipinski definition) is 1. The highest BCUT2D eigenvalue weighted by Crippen LogP contribution is 2.36. The first-order valence-corrected chi connectivity index (χ1v) is 5.39. The third-order valence-corrected chi connectivity index (χ3v) is 3.40. The topological polar surface area (TPSA) is 17.1 Å². The van der Waals surface area contributed by atoms with E-state index in [2.05, 4.69) is 19.6 Å². The molecule has 2 heteroatoms. The van der Waals surface area contributed by atoms with Gasteiger partial charge in [0.15, 0.2) is 0 Å². The van der Waals surface area contributed by atoms with Crippen LogP contribution in [0.1, 0.15) is 51.9 Å². The Morgan fingerprint density at radius 2 is 2.25 bits per heavy atom. The van der Waals surface area contributed by atoms with Gasteiger partial charge in [0.1, 0.15) is 5.78 Å². The van der Waals surface area contributed by atoms with Crippen LogP contribution < -0.4 is 0 Å². The molecule has 1 fully saturated rings. The predicted molar refractivity (Wildman–Crippen MR) is 54.7 cm³/mol. The van der Waals surface area contributed by atoms with Crippen molar-refractivity contribution in [1.29, 1.82) is 0 Å². The van der Waals surface area contributed by atoms with E-state index in [4.69, 9.17) is 0 Å². The Morgan fingerprint density at radius 3 is 2.75 bits per heavy atom. The molecule has 1 unspecified atom stereocenters. The highest BCUT2D eigenvalue weighted by molar-refractivity contribution is 7.82. The summed E-state index contributed by atoms with van der Waals surface area (Å²) in [4.78, 5) is 11.4. The van der Waals surface area contributed by atoms with Crippen LogP contribution in [0.4, 0.5) is 0 Å². The fourth-order valence-corrected chi connectivity index (χ4v) is 2.27. The van der Waals surface area contributed by atoms with Gasteiger partial charge in [-0.15, -0.1) is 0 Å². The van der Waals surface area contributed by atoms with Gasteiger partial charge in [0.05, 0.1) is 4.75 Å². The first-order chi connectivity index (χ1) is 5.69. The molecule has 1 aliphatic rings. The number of unbranched alkanes of at least 4 members (excludes halogenated alkanes) is 2. The molecule has 0 bridgehead atoms. The molecule has 0 aromatic carbocycles. The largest absolute Gasteiger partial charge is 0.298 e. The minimum Gasteiger partial charge on any atom is -0.298 e. The van der Waals surface area contributed by atoms with Crippen molar-refractivity contribution in [2.24, 2.45) is 0 Å². The molecule has 0 radical (unpaired) electrons. The van der Waals surface area contributed by atoms with E-state index in [-0.39, 0.29) is 4.75 Å². The summed E-state index contributed by atoms with van der Waals surface area (Å²) in [5, 5.41) is 0. The fraction of sp³-hybridized carbons (Fsp3) is 0.900. The van der Waals surface area contributed by atoms with Crippen LogP contribution in [0.15, 0.2) is 0 Å². The average Bonchev–Trinajstić information content (AvgIpc) is 2.34. The van der Waals surface area contributed by atoms with Gasteiger partial charge in [-0.2, -0.15) is 12.6 Å². The first kappa shape index (κ1) is 10.1. The second-order valence-corrected chi connectivity index (χ2v) is 4.62. The molecule has 12 heavy (non-hydrogen) atoms. The van der Waals surface area contributed by atoms with Gasteiger partial charge < -0.3 is 0 Å². The Bertz CT molecular complexity index is 167. The van der Waals surface area contributed by atoms with Crippen molar-refractivity contribution in [3.05, 3.63) is 0 Å². The molecule has 0 spiro atoms. The molecule has 1 aliphatic carbocycles. The number of ketones is 1. The second-order valence-electron chi connectivity index (χ2n) is 3.77. The van der Waals surface area contributed by atoms with E-state index in [0.29, 0.717) is 5.78 Å². The van der Waals surface area contributed by atoms with Crippen LogP contribution in [0, 0.1) is 0 Å². The van der Waals surface area contributed by atoms with Crippen LogP contribution in [0.5, 0.6) is 0 Å². The summed E-state index contributed by atoms with van der Waals surface area (Å²) in [5.74, 6) is 0.377. The molecule has 0 saturated heterocycles. The summed E-state index contributed by atoms with van der Waals surface area (Å²) in [5.41, 5.74) is 0. The van der Waals surface area contributed by atoms with E-state index in [1.54, 1.807) is 0 Å². The minimum atomic E-state index is -0.241. The lowest BCUT2D eigenvalue weighted by molar-refractivity contribution is -0.119. The number of carbonyl (C=O) groups excluding carboxylic acids is 1. The molecule has 1 nitrogen and oxygen atoms in total. The van der Waals surface area contributed by atoms with Gasteiger partial charge in [-0.3, -0.25) is 4.79 Å². The summed E-state index contributed by atoms with van der Waals surface area (Å²) in [6, 6.07) is 0. The Morgan fingerprint density at radius 1 is 1.50 bits per heavy atom. The summed E-state index contributed by atoms with van der Waals surface area (Å²) >= 11 is 4.50. The number of rotatable bonds is 4. The predicted octanol–water partition coefficient (Wildman–Crippen LogP) is 2.99. The van der Waals surface area contributed by atoms with E-state index in [9.17, 15) is 4.79 Å². The molecule has 0 aliphatic heterocycles. The van der Waals surface area contributed by atoms with E-state index in [0.717, 1.165) is 32.1 Å². The zero-order valence-electron chi connectivity index (χ0n) is 7.81. The maximum absolute atomic E-state index is 11.4. The van der Waals surface area contributed by atoms with Crippen LogP contribution in [0.2, 0.25) is 0 Å². The summed E-state index contributed by atoms with van der Waals surface area (Å²) in [6.45, 7) is 2.18. The van der Waals surface area contributed by atoms with E-state index >= 15 is 0 Å². The maximum atomic E-state index is 11.4. The van der Waals surface area contributed by atoms with Gasteiger partial charge in [0.25, 0.3) is 0 Å². The fourth-order valence-electron chi connectivity index (χ4n) is 1.85. The third kappa shape index (κ3) is 2.25. The number of Topliss-reactive ketones (excluding diaryl/α,β-unsaturated/α-hetero) is 1. The monoisotopic (exact) mass is 186 g/mol. The quantitative estimate of drug-likeness (QED) is 0.527. The molecule has 0 amide bonds. The molecular weight excluding hydrogens is 168 g/mol. The first-order valence-electron chi connectivity index (χ1n) is 4.95. The van der Waals surface area contributed by atoms with Gasteiger partial charge >= 0.3 is 0 Å². The zero-order valence-corrected chi connectivity index (χ0v) is 8.70. The van der Waals surface area contributed by atoms with Crippen LogP contribution in [0.25, 0.3) is 0 Å². The lowest BCUT2D eigenvalue weighted by atomic mass is 9.98. The van der Waals surface area contributed by atoms with Gasteiger partial charge in [-0.1, -0.05) is 26.2 Å². The number of thiol groups is 1. The van der Waals surface area contributed by atoms with Crippen molar-refractivity contribution in [2.75, 3.05) is 0 Å². The van der Waals surface area contributed by atoms with Gasteiger partial charge in [0, 0.05) is 6.42 Å². The second kappa shape index (κ2) is 4.31. The van der Waals surface area contributed by atoms with Crippen LogP contribution in [-0.2, 0) is 4.79 Å². The lowest BCUT2D eigenvalue weighted by Crippen LogP contribution is -2.26. The van der Waals surface area contributed by atoms with Crippen molar-refractivity contribution in [1.82, 2.24) is 0 Å². The molecule has 0 heterocycles. The molecule has 0 aromatic rings. The average molecular weight is 186 g/mol. The molecular formula is C10H18OS. The Balaban J connectivity index is 2.33. The Kier molecular flexibility index (Phi) is 3.63.